The maximum atomic E-state index is 12.7. The summed E-state index contributed by atoms with van der Waals surface area (Å²) in [5, 5.41) is 0. The average Bonchev–Trinajstić information content (AvgIpc) is 2.53. The first-order valence-corrected chi connectivity index (χ1v) is 8.01. The summed E-state index contributed by atoms with van der Waals surface area (Å²) in [6, 6.07) is 12.1. The van der Waals surface area contributed by atoms with E-state index in [0.717, 1.165) is 5.56 Å². The third kappa shape index (κ3) is 4.10. The number of ether oxygens (including phenoxy) is 1. The van der Waals surface area contributed by atoms with Gasteiger partial charge in [0.2, 0.25) is 10.0 Å². The Balaban J connectivity index is 2.27. The molecule has 1 aromatic carbocycles. The molecule has 1 heterocycles. The van der Waals surface area contributed by atoms with Gasteiger partial charge in [0.15, 0.2) is 0 Å². The molecule has 0 N–H and O–H groups in total. The van der Waals surface area contributed by atoms with Gasteiger partial charge in [0, 0.05) is 32.6 Å². The van der Waals surface area contributed by atoms with Crippen LogP contribution in [-0.4, -0.2) is 38.0 Å². The van der Waals surface area contributed by atoms with Gasteiger partial charge in [-0.15, -0.1) is 0 Å². The van der Waals surface area contributed by atoms with Gasteiger partial charge in [-0.05, 0) is 23.8 Å². The van der Waals surface area contributed by atoms with E-state index in [1.165, 1.54) is 4.31 Å². The molecule has 0 spiro atoms. The largest absolute Gasteiger partial charge is 0.383 e. The summed E-state index contributed by atoms with van der Waals surface area (Å²) in [5.41, 5.74) is 0.841. The van der Waals surface area contributed by atoms with E-state index in [-0.39, 0.29) is 11.4 Å². The number of hydrogen-bond acceptors (Lipinski definition) is 4. The Bertz CT molecular complexity index is 645. The molecule has 1 aromatic heterocycles. The molecule has 0 aliphatic rings. The number of benzene rings is 1. The van der Waals surface area contributed by atoms with Crippen molar-refractivity contribution in [1.29, 1.82) is 0 Å². The first-order chi connectivity index (χ1) is 10.1. The van der Waals surface area contributed by atoms with E-state index in [1.807, 2.05) is 6.07 Å². The highest BCUT2D eigenvalue weighted by atomic mass is 32.2. The van der Waals surface area contributed by atoms with Crippen LogP contribution in [0.1, 0.15) is 5.56 Å². The Labute approximate surface area is 125 Å². The van der Waals surface area contributed by atoms with Gasteiger partial charge in [-0.25, -0.2) is 8.42 Å². The van der Waals surface area contributed by atoms with E-state index in [4.69, 9.17) is 4.74 Å². The molecular formula is C15H18N2O3S. The van der Waals surface area contributed by atoms with Crippen LogP contribution in [0.4, 0.5) is 0 Å². The van der Waals surface area contributed by atoms with Crippen molar-refractivity contribution in [2.45, 2.75) is 11.4 Å². The average molecular weight is 306 g/mol. The third-order valence-corrected chi connectivity index (χ3v) is 4.87. The van der Waals surface area contributed by atoms with Crippen LogP contribution >= 0.6 is 0 Å². The van der Waals surface area contributed by atoms with Crippen LogP contribution in [0.5, 0.6) is 0 Å². The second-order valence-corrected chi connectivity index (χ2v) is 6.44. The highest BCUT2D eigenvalue weighted by Gasteiger charge is 2.24. The molecule has 6 heteroatoms. The minimum absolute atomic E-state index is 0.272. The topological polar surface area (TPSA) is 59.5 Å². The number of pyridine rings is 1. The summed E-state index contributed by atoms with van der Waals surface area (Å²) in [7, 11) is -1.99. The molecule has 0 atom stereocenters. The SMILES string of the molecule is COCCN(Cc1cccnc1)S(=O)(=O)c1ccccc1. The normalized spacial score (nSPS) is 11.7. The number of rotatable bonds is 7. The van der Waals surface area contributed by atoms with Gasteiger partial charge in [-0.2, -0.15) is 4.31 Å². The quantitative estimate of drug-likeness (QED) is 0.784. The summed E-state index contributed by atoms with van der Waals surface area (Å²) in [6.07, 6.45) is 3.33. The van der Waals surface area contributed by atoms with Crippen molar-refractivity contribution >= 4 is 10.0 Å². The summed E-state index contributed by atoms with van der Waals surface area (Å²) >= 11 is 0. The van der Waals surface area contributed by atoms with Crippen molar-refractivity contribution in [2.24, 2.45) is 0 Å². The van der Waals surface area contributed by atoms with Gasteiger partial charge in [0.05, 0.1) is 11.5 Å². The molecule has 0 aliphatic carbocycles. The van der Waals surface area contributed by atoms with E-state index >= 15 is 0 Å². The predicted octanol–water partition coefficient (Wildman–Crippen LogP) is 1.92. The standard InChI is InChI=1S/C15H18N2O3S/c1-20-11-10-17(13-14-6-5-9-16-12-14)21(18,19)15-7-3-2-4-8-15/h2-9,12H,10-11,13H2,1H3. The van der Waals surface area contributed by atoms with E-state index in [0.29, 0.717) is 13.2 Å². The minimum atomic E-state index is -3.55. The van der Waals surface area contributed by atoms with Crippen molar-refractivity contribution in [3.63, 3.8) is 0 Å². The fourth-order valence-corrected chi connectivity index (χ4v) is 3.35. The number of nitrogens with zero attached hydrogens (tertiary/aromatic N) is 2. The molecule has 0 saturated heterocycles. The second kappa shape index (κ2) is 7.31. The van der Waals surface area contributed by atoms with Gasteiger partial charge in [0.25, 0.3) is 0 Å². The third-order valence-electron chi connectivity index (χ3n) is 3.01. The lowest BCUT2D eigenvalue weighted by molar-refractivity contribution is 0.177. The van der Waals surface area contributed by atoms with Crippen LogP contribution < -0.4 is 0 Å². The van der Waals surface area contributed by atoms with Crippen LogP contribution in [0.3, 0.4) is 0 Å². The molecule has 0 bridgehead atoms. The molecule has 0 unspecified atom stereocenters. The molecule has 21 heavy (non-hydrogen) atoms. The van der Waals surface area contributed by atoms with Crippen LogP contribution in [-0.2, 0) is 21.3 Å². The molecule has 2 aromatic rings. The van der Waals surface area contributed by atoms with E-state index in [9.17, 15) is 8.42 Å². The van der Waals surface area contributed by atoms with Crippen LogP contribution in [0, 0.1) is 0 Å². The van der Waals surface area contributed by atoms with E-state index < -0.39 is 10.0 Å². The van der Waals surface area contributed by atoms with Crippen LogP contribution in [0.2, 0.25) is 0 Å². The fraction of sp³-hybridized carbons (Fsp3) is 0.267. The highest BCUT2D eigenvalue weighted by Crippen LogP contribution is 2.17. The van der Waals surface area contributed by atoms with Crippen molar-refractivity contribution in [3.8, 4) is 0 Å². The molecule has 0 amide bonds. The monoisotopic (exact) mass is 306 g/mol. The zero-order valence-corrected chi connectivity index (χ0v) is 12.7. The molecular weight excluding hydrogens is 288 g/mol. The summed E-state index contributed by atoms with van der Waals surface area (Å²) in [4.78, 5) is 4.30. The van der Waals surface area contributed by atoms with Gasteiger partial charge >= 0.3 is 0 Å². The lowest BCUT2D eigenvalue weighted by atomic mass is 10.3. The summed E-state index contributed by atoms with van der Waals surface area (Å²) in [6.45, 7) is 0.906. The number of sulfonamides is 1. The maximum Gasteiger partial charge on any atom is 0.243 e. The van der Waals surface area contributed by atoms with Crippen molar-refractivity contribution < 1.29 is 13.2 Å². The molecule has 0 saturated carbocycles. The van der Waals surface area contributed by atoms with Crippen molar-refractivity contribution in [3.05, 3.63) is 60.4 Å². The molecule has 5 nitrogen and oxygen atoms in total. The first kappa shape index (κ1) is 15.6. The molecule has 0 radical (unpaired) electrons. The Hall–Kier alpha value is -1.76. The zero-order valence-electron chi connectivity index (χ0n) is 11.8. The smallest absolute Gasteiger partial charge is 0.243 e. The lowest BCUT2D eigenvalue weighted by Crippen LogP contribution is -2.33. The fourth-order valence-electron chi connectivity index (χ4n) is 1.91. The Morgan fingerprint density at radius 2 is 1.90 bits per heavy atom. The van der Waals surface area contributed by atoms with Gasteiger partial charge < -0.3 is 4.74 Å². The lowest BCUT2D eigenvalue weighted by Gasteiger charge is -2.21. The molecule has 0 fully saturated rings. The molecule has 0 aliphatic heterocycles. The number of aromatic nitrogens is 1. The van der Waals surface area contributed by atoms with Crippen molar-refractivity contribution in [1.82, 2.24) is 9.29 Å². The van der Waals surface area contributed by atoms with Crippen LogP contribution in [0.15, 0.2) is 59.8 Å². The van der Waals surface area contributed by atoms with Crippen molar-refractivity contribution in [2.75, 3.05) is 20.3 Å². The minimum Gasteiger partial charge on any atom is -0.383 e. The van der Waals surface area contributed by atoms with Gasteiger partial charge in [-0.1, -0.05) is 24.3 Å². The second-order valence-electron chi connectivity index (χ2n) is 4.51. The Morgan fingerprint density at radius 3 is 2.52 bits per heavy atom. The predicted molar refractivity (Wildman–Crippen MR) is 80.2 cm³/mol. The van der Waals surface area contributed by atoms with E-state index in [1.54, 1.807) is 55.9 Å². The van der Waals surface area contributed by atoms with Gasteiger partial charge in [-0.3, -0.25) is 4.98 Å². The number of hydrogen-bond donors (Lipinski definition) is 0. The molecule has 112 valence electrons. The maximum absolute atomic E-state index is 12.7. The Kier molecular flexibility index (Phi) is 5.44. The zero-order chi connectivity index (χ0) is 15.1. The van der Waals surface area contributed by atoms with E-state index in [2.05, 4.69) is 4.98 Å². The summed E-state index contributed by atoms with van der Waals surface area (Å²) in [5.74, 6) is 0. The highest BCUT2D eigenvalue weighted by molar-refractivity contribution is 7.89. The van der Waals surface area contributed by atoms with Crippen LogP contribution in [0.25, 0.3) is 0 Å². The first-order valence-electron chi connectivity index (χ1n) is 6.57. The number of methoxy groups -OCH3 is 1. The molecule has 2 rings (SSSR count). The van der Waals surface area contributed by atoms with Gasteiger partial charge in [0.1, 0.15) is 0 Å². The summed E-state index contributed by atoms with van der Waals surface area (Å²) < 4.78 is 31.8. The Morgan fingerprint density at radius 1 is 1.14 bits per heavy atom.